The second kappa shape index (κ2) is 7.65. The average Bonchev–Trinajstić information content (AvgIpc) is 2.34. The molecule has 2 rings (SSSR count). The first-order chi connectivity index (χ1) is 9.08. The Morgan fingerprint density at radius 2 is 1.80 bits per heavy atom. The Balaban J connectivity index is 0.00000200. The summed E-state index contributed by atoms with van der Waals surface area (Å²) in [5.74, 6) is 0.354. The van der Waals surface area contributed by atoms with Crippen molar-refractivity contribution in [2.24, 2.45) is 11.1 Å². The zero-order valence-electron chi connectivity index (χ0n) is 13.1. The third-order valence-electron chi connectivity index (χ3n) is 5.19. The zero-order chi connectivity index (χ0) is 13.9. The van der Waals surface area contributed by atoms with Gasteiger partial charge in [-0.25, -0.2) is 0 Å². The highest BCUT2D eigenvalue weighted by atomic mass is 35.5. The van der Waals surface area contributed by atoms with Gasteiger partial charge >= 0.3 is 0 Å². The molecular weight excluding hydrogens is 272 g/mol. The average molecular weight is 303 g/mol. The van der Waals surface area contributed by atoms with Gasteiger partial charge in [-0.15, -0.1) is 12.4 Å². The quantitative estimate of drug-likeness (QED) is 0.845. The molecule has 2 N–H and O–H groups in total. The highest BCUT2D eigenvalue weighted by Gasteiger charge is 2.37. The lowest BCUT2D eigenvalue weighted by molar-refractivity contribution is -0.140. The molecule has 0 bridgehead atoms. The van der Waals surface area contributed by atoms with Crippen molar-refractivity contribution in [3.05, 3.63) is 0 Å². The Hall–Kier alpha value is -0.280. The SMILES string of the molecule is CC(C)N(C(=O)CC1(CN)CCCCC1)C1CCC1.Cl. The van der Waals surface area contributed by atoms with Crippen LogP contribution in [-0.4, -0.2) is 29.4 Å². The van der Waals surface area contributed by atoms with Crippen LogP contribution < -0.4 is 5.73 Å². The first-order valence-corrected chi connectivity index (χ1v) is 8.09. The fourth-order valence-electron chi connectivity index (χ4n) is 3.75. The maximum atomic E-state index is 12.7. The molecule has 20 heavy (non-hydrogen) atoms. The molecule has 2 aliphatic rings. The Morgan fingerprint density at radius 1 is 1.20 bits per heavy atom. The summed E-state index contributed by atoms with van der Waals surface area (Å²) in [4.78, 5) is 14.9. The van der Waals surface area contributed by atoms with E-state index in [1.54, 1.807) is 0 Å². The number of nitrogens with two attached hydrogens (primary N) is 1. The summed E-state index contributed by atoms with van der Waals surface area (Å²) < 4.78 is 0. The van der Waals surface area contributed by atoms with Crippen LogP contribution >= 0.6 is 12.4 Å². The van der Waals surface area contributed by atoms with Crippen molar-refractivity contribution >= 4 is 18.3 Å². The van der Waals surface area contributed by atoms with E-state index < -0.39 is 0 Å². The molecule has 0 radical (unpaired) electrons. The third kappa shape index (κ3) is 3.88. The number of amides is 1. The van der Waals surface area contributed by atoms with Crippen LogP contribution in [0.1, 0.15) is 71.6 Å². The fraction of sp³-hybridized carbons (Fsp3) is 0.938. The lowest BCUT2D eigenvalue weighted by atomic mass is 9.71. The minimum Gasteiger partial charge on any atom is -0.337 e. The molecule has 1 amide bonds. The number of hydrogen-bond acceptors (Lipinski definition) is 2. The van der Waals surface area contributed by atoms with Crippen LogP contribution in [0.3, 0.4) is 0 Å². The normalized spacial score (nSPS) is 22.0. The van der Waals surface area contributed by atoms with Crippen LogP contribution in [0.2, 0.25) is 0 Å². The predicted molar refractivity (Wildman–Crippen MR) is 86.1 cm³/mol. The van der Waals surface area contributed by atoms with Crippen LogP contribution in [0.15, 0.2) is 0 Å². The van der Waals surface area contributed by atoms with Crippen LogP contribution in [0.4, 0.5) is 0 Å². The molecule has 0 aromatic rings. The van der Waals surface area contributed by atoms with E-state index in [0.29, 0.717) is 31.0 Å². The van der Waals surface area contributed by atoms with Crippen LogP contribution in [0.5, 0.6) is 0 Å². The van der Waals surface area contributed by atoms with Crippen molar-refractivity contribution < 1.29 is 4.79 Å². The molecule has 0 saturated heterocycles. The third-order valence-corrected chi connectivity index (χ3v) is 5.19. The number of nitrogens with zero attached hydrogens (tertiary/aromatic N) is 1. The molecule has 0 heterocycles. The molecule has 4 heteroatoms. The summed E-state index contributed by atoms with van der Waals surface area (Å²) in [5.41, 5.74) is 6.12. The summed E-state index contributed by atoms with van der Waals surface area (Å²) in [6.07, 6.45) is 10.4. The number of halogens is 1. The van der Waals surface area contributed by atoms with E-state index in [4.69, 9.17) is 5.73 Å². The van der Waals surface area contributed by atoms with Crippen LogP contribution in [-0.2, 0) is 4.79 Å². The molecule has 0 atom stereocenters. The van der Waals surface area contributed by atoms with Gasteiger partial charge in [0, 0.05) is 18.5 Å². The van der Waals surface area contributed by atoms with E-state index in [9.17, 15) is 4.79 Å². The second-order valence-corrected chi connectivity index (χ2v) is 6.92. The standard InChI is InChI=1S/C16H30N2O.ClH/c1-13(2)18(14-7-6-8-14)15(19)11-16(12-17)9-4-3-5-10-16;/h13-14H,3-12,17H2,1-2H3;1H. The molecular formula is C16H31ClN2O. The van der Waals surface area contributed by atoms with Gasteiger partial charge in [0.2, 0.25) is 5.91 Å². The molecule has 2 fully saturated rings. The molecule has 118 valence electrons. The van der Waals surface area contributed by atoms with Crippen LogP contribution in [0, 0.1) is 5.41 Å². The Labute approximate surface area is 130 Å². The van der Waals surface area contributed by atoms with Gasteiger partial charge in [0.05, 0.1) is 0 Å². The molecule has 2 aliphatic carbocycles. The van der Waals surface area contributed by atoms with E-state index in [-0.39, 0.29) is 17.8 Å². The zero-order valence-corrected chi connectivity index (χ0v) is 13.9. The van der Waals surface area contributed by atoms with Crippen molar-refractivity contribution in [1.29, 1.82) is 0 Å². The highest BCUT2D eigenvalue weighted by Crippen LogP contribution is 2.39. The Kier molecular flexibility index (Phi) is 6.80. The van der Waals surface area contributed by atoms with Gasteiger partial charge in [-0.3, -0.25) is 4.79 Å². The first kappa shape index (κ1) is 17.8. The maximum Gasteiger partial charge on any atom is 0.223 e. The molecule has 0 aliphatic heterocycles. The van der Waals surface area contributed by atoms with E-state index >= 15 is 0 Å². The number of carbonyl (C=O) groups excluding carboxylic acids is 1. The summed E-state index contributed by atoms with van der Waals surface area (Å²) in [7, 11) is 0. The number of carbonyl (C=O) groups is 1. The monoisotopic (exact) mass is 302 g/mol. The smallest absolute Gasteiger partial charge is 0.223 e. The molecule has 2 saturated carbocycles. The molecule has 0 unspecified atom stereocenters. The molecule has 0 aromatic carbocycles. The van der Waals surface area contributed by atoms with E-state index in [1.807, 2.05) is 0 Å². The topological polar surface area (TPSA) is 46.3 Å². The Morgan fingerprint density at radius 3 is 2.20 bits per heavy atom. The minimum absolute atomic E-state index is 0. The Bertz CT molecular complexity index is 310. The van der Waals surface area contributed by atoms with Gasteiger partial charge in [-0.1, -0.05) is 19.3 Å². The highest BCUT2D eigenvalue weighted by molar-refractivity contribution is 5.85. The van der Waals surface area contributed by atoms with Crippen molar-refractivity contribution in [3.8, 4) is 0 Å². The van der Waals surface area contributed by atoms with Crippen molar-refractivity contribution in [3.63, 3.8) is 0 Å². The van der Waals surface area contributed by atoms with Gasteiger partial charge in [0.25, 0.3) is 0 Å². The van der Waals surface area contributed by atoms with Gasteiger partial charge < -0.3 is 10.6 Å². The van der Waals surface area contributed by atoms with Gasteiger partial charge in [0.1, 0.15) is 0 Å². The maximum absolute atomic E-state index is 12.7. The summed E-state index contributed by atoms with van der Waals surface area (Å²) in [6.45, 7) is 4.97. The second-order valence-electron chi connectivity index (χ2n) is 6.92. The van der Waals surface area contributed by atoms with Crippen molar-refractivity contribution in [2.75, 3.05) is 6.54 Å². The van der Waals surface area contributed by atoms with Crippen molar-refractivity contribution in [1.82, 2.24) is 4.90 Å². The lowest BCUT2D eigenvalue weighted by Crippen LogP contribution is -2.50. The molecule has 0 spiro atoms. The molecule has 3 nitrogen and oxygen atoms in total. The van der Waals surface area contributed by atoms with Gasteiger partial charge in [0.15, 0.2) is 0 Å². The van der Waals surface area contributed by atoms with Crippen molar-refractivity contribution in [2.45, 2.75) is 83.7 Å². The van der Waals surface area contributed by atoms with E-state index in [1.165, 1.54) is 38.5 Å². The van der Waals surface area contributed by atoms with Gasteiger partial charge in [-0.2, -0.15) is 0 Å². The fourth-order valence-corrected chi connectivity index (χ4v) is 3.75. The van der Waals surface area contributed by atoms with E-state index in [2.05, 4.69) is 18.7 Å². The summed E-state index contributed by atoms with van der Waals surface area (Å²) in [5, 5.41) is 0. The summed E-state index contributed by atoms with van der Waals surface area (Å²) >= 11 is 0. The van der Waals surface area contributed by atoms with Crippen LogP contribution in [0.25, 0.3) is 0 Å². The van der Waals surface area contributed by atoms with Gasteiger partial charge in [-0.05, 0) is 57.9 Å². The number of rotatable bonds is 5. The first-order valence-electron chi connectivity index (χ1n) is 8.09. The van der Waals surface area contributed by atoms with E-state index in [0.717, 1.165) is 12.8 Å². The number of hydrogen-bond donors (Lipinski definition) is 1. The lowest BCUT2D eigenvalue weighted by Gasteiger charge is -2.43. The predicted octanol–water partition coefficient (Wildman–Crippen LogP) is 3.50. The molecule has 0 aromatic heterocycles. The largest absolute Gasteiger partial charge is 0.337 e. The minimum atomic E-state index is 0. The summed E-state index contributed by atoms with van der Waals surface area (Å²) in [6, 6.07) is 0.835.